The number of rotatable bonds is 21. The third kappa shape index (κ3) is 44.4. The molecule has 9 nitrogen and oxygen atoms in total. The topological polar surface area (TPSA) is 146 Å². The summed E-state index contributed by atoms with van der Waals surface area (Å²) in [6.45, 7) is 13.6. The Morgan fingerprint density at radius 3 is 1.35 bits per heavy atom. The minimum absolute atomic E-state index is 0.0802. The van der Waals surface area contributed by atoms with E-state index in [1.807, 2.05) is 131 Å². The lowest BCUT2D eigenvalue weighted by atomic mass is 9.98. The summed E-state index contributed by atoms with van der Waals surface area (Å²) < 4.78 is 5.19. The normalized spacial score (nSPS) is 10.6. The molecule has 4 aromatic rings. The number of hydrogen-bond donors (Lipinski definition) is 0. The minimum atomic E-state index is -0.863. The molecule has 2 atom stereocenters. The molecule has 0 amide bonds. The lowest BCUT2D eigenvalue weighted by molar-refractivity contribution is -0.117. The SMILES string of the molecule is CC(C)CCC(=O)Cl.CC(Oc1ccccc1)C(=O)Cl.CCC(C(=O)Cl)c1ccccc1.CCC(CC)C(=O)Cl.Cc1ccc(CC(=O)Cl)cc1.O=C(Cl)C(=CC=Cc1ccccc1)C(=O)Cl.O=C(Cl)CCCCl. The summed E-state index contributed by atoms with van der Waals surface area (Å²) >= 11 is 46.7. The first kappa shape index (κ1) is 74.4. The standard InChI is InChI=1S/C12H8Cl2O2.C10H11ClO.C9H9ClO2.C9H9ClO.2C6H11ClO.C4H6Cl2O/c13-11(15)10(12(14)16)8-4-7-9-5-2-1-3-6-9;1-2-9(10(11)12)8-6-4-3-5-7-8;1-7(9(10)11)12-8-5-3-2-4-6-8;1-7-2-4-8(5-3-7)6-9(10)11;1-5(2)3-4-6(7)8;1-3-5(4-2)6(7)8;5-3-1-2-4(6)7/h1-8H;3-7,9H,2H2,1H3;2-7H,1H3;2-5H,6H2,1H3;2*5H,3-4H2,1-2H3;1-3H2. The Labute approximate surface area is 482 Å². The summed E-state index contributed by atoms with van der Waals surface area (Å²) in [4.78, 5) is 84.0. The molecule has 2 unspecified atom stereocenters. The van der Waals surface area contributed by atoms with Gasteiger partial charge in [0.05, 0.1) is 11.5 Å². The number of hydrogen-bond acceptors (Lipinski definition) is 9. The van der Waals surface area contributed by atoms with E-state index in [1.165, 1.54) is 11.6 Å². The Balaban J connectivity index is -0.000000809. The van der Waals surface area contributed by atoms with Crippen molar-refractivity contribution in [3.05, 3.63) is 155 Å². The fourth-order valence-corrected chi connectivity index (χ4v) is 6.58. The average Bonchev–Trinajstić information content (AvgIpc) is 3.34. The first-order chi connectivity index (χ1) is 34.9. The molecule has 0 aromatic heterocycles. The highest BCUT2D eigenvalue weighted by molar-refractivity contribution is 6.79. The van der Waals surface area contributed by atoms with Crippen LogP contribution < -0.4 is 4.74 Å². The Hall–Kier alpha value is -3.87. The van der Waals surface area contributed by atoms with Gasteiger partial charge in [-0.3, -0.25) is 38.4 Å². The van der Waals surface area contributed by atoms with E-state index in [0.717, 1.165) is 42.4 Å². The number of carbonyl (C=O) groups excluding carboxylic acids is 8. The lowest BCUT2D eigenvalue weighted by Gasteiger charge is -2.09. The summed E-state index contributed by atoms with van der Waals surface area (Å²) in [5, 5.41) is -3.53. The first-order valence-electron chi connectivity index (χ1n) is 23.2. The van der Waals surface area contributed by atoms with Gasteiger partial charge in [0.1, 0.15) is 5.75 Å². The maximum atomic E-state index is 10.9. The van der Waals surface area contributed by atoms with Gasteiger partial charge in [-0.1, -0.05) is 155 Å². The van der Waals surface area contributed by atoms with Crippen molar-refractivity contribution in [1.29, 1.82) is 0 Å². The molecule has 74 heavy (non-hydrogen) atoms. The molecule has 0 aliphatic rings. The van der Waals surface area contributed by atoms with Gasteiger partial charge in [-0.25, -0.2) is 0 Å². The largest absolute Gasteiger partial charge is 0.482 e. The number of aryl methyl sites for hydroxylation is 1. The Bertz CT molecular complexity index is 2250. The van der Waals surface area contributed by atoms with Crippen molar-refractivity contribution in [1.82, 2.24) is 0 Å². The van der Waals surface area contributed by atoms with Crippen LogP contribution in [0.4, 0.5) is 0 Å². The number of alkyl halides is 1. The number of allylic oxidation sites excluding steroid dienone is 3. The highest BCUT2D eigenvalue weighted by atomic mass is 35.5. The van der Waals surface area contributed by atoms with Gasteiger partial charge in [-0.15, -0.1) is 11.6 Å². The van der Waals surface area contributed by atoms with Crippen LogP contribution >= 0.6 is 104 Å². The molecule has 0 saturated heterocycles. The van der Waals surface area contributed by atoms with Crippen LogP contribution in [0.15, 0.2) is 133 Å². The molecule has 406 valence electrons. The molecule has 0 bridgehead atoms. The van der Waals surface area contributed by atoms with Crippen molar-refractivity contribution in [2.24, 2.45) is 11.8 Å². The van der Waals surface area contributed by atoms with Crippen molar-refractivity contribution < 1.29 is 43.1 Å². The lowest BCUT2D eigenvalue weighted by Crippen LogP contribution is -2.18. The van der Waals surface area contributed by atoms with Crippen LogP contribution in [0.25, 0.3) is 6.08 Å². The number of ether oxygens (including phenoxy) is 1. The fraction of sp³-hybridized carbons (Fsp3) is 0.357. The zero-order valence-electron chi connectivity index (χ0n) is 42.5. The summed E-state index contributed by atoms with van der Waals surface area (Å²) in [5.41, 5.74) is 3.86. The van der Waals surface area contributed by atoms with Crippen LogP contribution in [0, 0.1) is 18.8 Å². The van der Waals surface area contributed by atoms with Gasteiger partial charge < -0.3 is 4.74 Å². The van der Waals surface area contributed by atoms with E-state index in [0.29, 0.717) is 43.2 Å². The molecule has 0 aliphatic heterocycles. The monoisotopic (exact) mass is 1200 g/mol. The predicted molar refractivity (Wildman–Crippen MR) is 309 cm³/mol. The molecule has 0 radical (unpaired) electrons. The van der Waals surface area contributed by atoms with E-state index < -0.39 is 21.8 Å². The first-order valence-corrected chi connectivity index (χ1v) is 26.8. The summed E-state index contributed by atoms with van der Waals surface area (Å²) in [5.74, 6) is 1.68. The molecular formula is C56H65Cl9O9. The van der Waals surface area contributed by atoms with Crippen LogP contribution in [-0.4, -0.2) is 53.9 Å². The summed E-state index contributed by atoms with van der Waals surface area (Å²) in [6.07, 6.45) is 9.28. The van der Waals surface area contributed by atoms with Crippen molar-refractivity contribution in [3.8, 4) is 5.75 Å². The van der Waals surface area contributed by atoms with Crippen LogP contribution in [0.2, 0.25) is 0 Å². The van der Waals surface area contributed by atoms with Crippen molar-refractivity contribution >= 4 is 152 Å². The average molecular weight is 1200 g/mol. The molecule has 4 rings (SSSR count). The van der Waals surface area contributed by atoms with E-state index in [9.17, 15) is 38.4 Å². The number of carbonyl (C=O) groups is 8. The van der Waals surface area contributed by atoms with Gasteiger partial charge in [-0.05, 0) is 180 Å². The quantitative estimate of drug-likeness (QED) is 0.0199. The van der Waals surface area contributed by atoms with Gasteiger partial charge in [0, 0.05) is 31.1 Å². The second-order valence-corrected chi connectivity index (χ2v) is 19.2. The van der Waals surface area contributed by atoms with Crippen LogP contribution in [0.1, 0.15) is 115 Å². The minimum Gasteiger partial charge on any atom is -0.482 e. The van der Waals surface area contributed by atoms with Gasteiger partial charge in [0.2, 0.25) is 26.2 Å². The van der Waals surface area contributed by atoms with Crippen LogP contribution in [0.5, 0.6) is 5.75 Å². The summed E-state index contributed by atoms with van der Waals surface area (Å²) in [6, 6.07) is 35.9. The van der Waals surface area contributed by atoms with Crippen LogP contribution in [0.3, 0.4) is 0 Å². The zero-order valence-corrected chi connectivity index (χ0v) is 49.3. The fourth-order valence-electron chi connectivity index (χ4n) is 5.07. The summed E-state index contributed by atoms with van der Waals surface area (Å²) in [7, 11) is 0. The maximum absolute atomic E-state index is 10.9. The van der Waals surface area contributed by atoms with E-state index in [1.54, 1.807) is 31.2 Å². The van der Waals surface area contributed by atoms with E-state index in [4.69, 9.17) is 109 Å². The van der Waals surface area contributed by atoms with Gasteiger partial charge in [-0.2, -0.15) is 0 Å². The van der Waals surface area contributed by atoms with Gasteiger partial charge in [0.25, 0.3) is 15.7 Å². The molecule has 0 heterocycles. The molecule has 0 saturated carbocycles. The molecule has 0 aliphatic carbocycles. The van der Waals surface area contributed by atoms with Gasteiger partial charge in [0.15, 0.2) is 6.10 Å². The second kappa shape index (κ2) is 47.6. The number of halogens is 9. The molecule has 0 fully saturated rings. The third-order valence-corrected chi connectivity index (χ3v) is 11.3. The predicted octanol–water partition coefficient (Wildman–Crippen LogP) is 16.8. The Morgan fingerprint density at radius 1 is 0.554 bits per heavy atom. The highest BCUT2D eigenvalue weighted by Crippen LogP contribution is 2.21. The van der Waals surface area contributed by atoms with E-state index >= 15 is 0 Å². The zero-order chi connectivity index (χ0) is 57.0. The second-order valence-electron chi connectivity index (χ2n) is 15.7. The van der Waals surface area contributed by atoms with E-state index in [-0.39, 0.29) is 43.6 Å². The molecule has 4 aromatic carbocycles. The van der Waals surface area contributed by atoms with Crippen LogP contribution in [-0.2, 0) is 44.8 Å². The molecule has 18 heteroatoms. The molecule has 0 spiro atoms. The van der Waals surface area contributed by atoms with E-state index in [2.05, 4.69) is 13.8 Å². The maximum Gasteiger partial charge on any atom is 0.262 e. The molecular weight excluding hydrogens is 1140 g/mol. The smallest absolute Gasteiger partial charge is 0.262 e. The number of benzene rings is 4. The van der Waals surface area contributed by atoms with Crippen molar-refractivity contribution in [3.63, 3.8) is 0 Å². The highest BCUT2D eigenvalue weighted by Gasteiger charge is 2.15. The van der Waals surface area contributed by atoms with Crippen molar-refractivity contribution in [2.75, 3.05) is 5.88 Å². The number of para-hydroxylation sites is 1. The van der Waals surface area contributed by atoms with Crippen molar-refractivity contribution in [2.45, 2.75) is 112 Å². The van der Waals surface area contributed by atoms with Gasteiger partial charge >= 0.3 is 0 Å². The third-order valence-electron chi connectivity index (χ3n) is 9.23. The molecule has 0 N–H and O–H groups in total. The Kier molecular flexibility index (Phi) is 47.8. The Morgan fingerprint density at radius 2 is 1.03 bits per heavy atom.